The second kappa shape index (κ2) is 6.64. The summed E-state index contributed by atoms with van der Waals surface area (Å²) in [6.45, 7) is 6.82. The van der Waals surface area contributed by atoms with E-state index in [-0.39, 0.29) is 0 Å². The first-order valence-electron chi connectivity index (χ1n) is 8.49. The Balaban J connectivity index is 1.37. The average molecular weight is 338 g/mol. The molecule has 4 rings (SSSR count). The van der Waals surface area contributed by atoms with E-state index < -0.39 is 0 Å². The first-order chi connectivity index (χ1) is 12.2. The normalized spacial score (nSPS) is 15.7. The van der Waals surface area contributed by atoms with Gasteiger partial charge in [0.15, 0.2) is 11.6 Å². The molecule has 3 aromatic rings. The lowest BCUT2D eigenvalue weighted by atomic mass is 10.3. The fourth-order valence-corrected chi connectivity index (χ4v) is 3.07. The van der Waals surface area contributed by atoms with Crippen molar-refractivity contribution < 1.29 is 0 Å². The molecule has 4 heterocycles. The van der Waals surface area contributed by atoms with Crippen LogP contribution in [0.1, 0.15) is 11.4 Å². The minimum absolute atomic E-state index is 0.742. The van der Waals surface area contributed by atoms with Gasteiger partial charge in [0.25, 0.3) is 0 Å². The Morgan fingerprint density at radius 1 is 0.960 bits per heavy atom. The van der Waals surface area contributed by atoms with Gasteiger partial charge in [0, 0.05) is 52.2 Å². The number of nitrogens with zero attached hydrogens (tertiary/aromatic N) is 8. The molecular weight excluding hydrogens is 316 g/mol. The smallest absolute Gasteiger partial charge is 0.175 e. The molecule has 0 aliphatic carbocycles. The van der Waals surface area contributed by atoms with E-state index in [9.17, 15) is 0 Å². The zero-order chi connectivity index (χ0) is 17.2. The second-order valence-electron chi connectivity index (χ2n) is 6.36. The molecule has 0 amide bonds. The van der Waals surface area contributed by atoms with Crippen LogP contribution in [0.15, 0.2) is 36.7 Å². The molecule has 0 aromatic carbocycles. The molecule has 0 saturated carbocycles. The fourth-order valence-electron chi connectivity index (χ4n) is 3.07. The molecule has 1 aliphatic heterocycles. The van der Waals surface area contributed by atoms with Crippen molar-refractivity contribution >= 4 is 5.82 Å². The summed E-state index contributed by atoms with van der Waals surface area (Å²) in [5.41, 5.74) is 2.21. The van der Waals surface area contributed by atoms with Gasteiger partial charge in [0.2, 0.25) is 0 Å². The highest BCUT2D eigenvalue weighted by molar-refractivity contribution is 5.40. The number of hydrogen-bond acceptors (Lipinski definition) is 6. The van der Waals surface area contributed by atoms with Gasteiger partial charge in [-0.05, 0) is 31.2 Å². The molecule has 1 saturated heterocycles. The van der Waals surface area contributed by atoms with Crippen LogP contribution in [0.2, 0.25) is 0 Å². The van der Waals surface area contributed by atoms with Crippen LogP contribution >= 0.6 is 0 Å². The fraction of sp³-hybridized carbons (Fsp3) is 0.412. The monoisotopic (exact) mass is 338 g/mol. The number of anilines is 1. The van der Waals surface area contributed by atoms with E-state index in [0.29, 0.717) is 0 Å². The standard InChI is InChI=1S/C17H22N8/c1-14-6-8-25(21-14)17-4-3-16(19-20-17)24-11-9-23(10-12-24)13-15-5-7-18-22(15)2/h3-8H,9-13H2,1-2H3. The number of piperazine rings is 1. The van der Waals surface area contributed by atoms with Crippen LogP contribution in [-0.4, -0.2) is 60.8 Å². The van der Waals surface area contributed by atoms with Gasteiger partial charge in [-0.15, -0.1) is 10.2 Å². The molecule has 1 aliphatic rings. The Bertz CT molecular complexity index is 826. The van der Waals surface area contributed by atoms with Crippen molar-refractivity contribution in [2.75, 3.05) is 31.1 Å². The van der Waals surface area contributed by atoms with E-state index in [0.717, 1.165) is 50.1 Å². The van der Waals surface area contributed by atoms with Gasteiger partial charge in [-0.1, -0.05) is 0 Å². The predicted molar refractivity (Wildman–Crippen MR) is 94.6 cm³/mol. The van der Waals surface area contributed by atoms with Gasteiger partial charge in [-0.25, -0.2) is 4.68 Å². The van der Waals surface area contributed by atoms with Gasteiger partial charge in [-0.2, -0.15) is 10.2 Å². The lowest BCUT2D eigenvalue weighted by Crippen LogP contribution is -2.46. The van der Waals surface area contributed by atoms with E-state index >= 15 is 0 Å². The van der Waals surface area contributed by atoms with Gasteiger partial charge >= 0.3 is 0 Å². The number of hydrogen-bond donors (Lipinski definition) is 0. The summed E-state index contributed by atoms with van der Waals surface area (Å²) in [5.74, 6) is 1.67. The van der Waals surface area contributed by atoms with E-state index in [4.69, 9.17) is 0 Å². The summed E-state index contributed by atoms with van der Waals surface area (Å²) in [6, 6.07) is 8.03. The highest BCUT2D eigenvalue weighted by Gasteiger charge is 2.19. The van der Waals surface area contributed by atoms with Crippen molar-refractivity contribution in [1.82, 2.24) is 34.7 Å². The van der Waals surface area contributed by atoms with Crippen LogP contribution in [0.4, 0.5) is 5.82 Å². The van der Waals surface area contributed by atoms with E-state index in [2.05, 4.69) is 36.3 Å². The van der Waals surface area contributed by atoms with Crippen LogP contribution in [0.3, 0.4) is 0 Å². The molecule has 8 nitrogen and oxygen atoms in total. The lowest BCUT2D eigenvalue weighted by Gasteiger charge is -2.35. The second-order valence-corrected chi connectivity index (χ2v) is 6.36. The van der Waals surface area contributed by atoms with Crippen LogP contribution in [0.5, 0.6) is 0 Å². The van der Waals surface area contributed by atoms with E-state index in [1.54, 1.807) is 4.68 Å². The third-order valence-electron chi connectivity index (χ3n) is 4.60. The highest BCUT2D eigenvalue weighted by Crippen LogP contribution is 2.15. The summed E-state index contributed by atoms with van der Waals surface area (Å²) in [5, 5.41) is 17.3. The van der Waals surface area contributed by atoms with Crippen molar-refractivity contribution in [3.8, 4) is 5.82 Å². The minimum Gasteiger partial charge on any atom is -0.353 e. The Labute approximate surface area is 146 Å². The molecule has 0 N–H and O–H groups in total. The van der Waals surface area contributed by atoms with E-state index in [1.165, 1.54) is 5.69 Å². The molecule has 0 bridgehead atoms. The molecule has 0 radical (unpaired) electrons. The first-order valence-corrected chi connectivity index (χ1v) is 8.49. The van der Waals surface area contributed by atoms with E-state index in [1.807, 2.05) is 49.2 Å². The average Bonchev–Trinajstić information content (AvgIpc) is 3.25. The van der Waals surface area contributed by atoms with Gasteiger partial charge < -0.3 is 4.90 Å². The maximum absolute atomic E-state index is 4.39. The molecule has 0 unspecified atom stereocenters. The minimum atomic E-state index is 0.742. The largest absolute Gasteiger partial charge is 0.353 e. The third-order valence-corrected chi connectivity index (χ3v) is 4.60. The maximum Gasteiger partial charge on any atom is 0.175 e. The summed E-state index contributed by atoms with van der Waals surface area (Å²) in [6.07, 6.45) is 3.75. The van der Waals surface area contributed by atoms with Gasteiger partial charge in [0.1, 0.15) is 0 Å². The van der Waals surface area contributed by atoms with Crippen LogP contribution in [0.25, 0.3) is 5.82 Å². The summed E-state index contributed by atoms with van der Waals surface area (Å²) in [7, 11) is 1.99. The molecule has 1 fully saturated rings. The zero-order valence-electron chi connectivity index (χ0n) is 14.6. The Morgan fingerprint density at radius 3 is 2.32 bits per heavy atom. The number of aromatic nitrogens is 6. The van der Waals surface area contributed by atoms with Crippen molar-refractivity contribution in [3.05, 3.63) is 48.0 Å². The van der Waals surface area contributed by atoms with Gasteiger partial charge in [-0.3, -0.25) is 9.58 Å². The topological polar surface area (TPSA) is 67.9 Å². The molecule has 25 heavy (non-hydrogen) atoms. The van der Waals surface area contributed by atoms with Crippen molar-refractivity contribution in [1.29, 1.82) is 0 Å². The molecule has 0 atom stereocenters. The molecule has 130 valence electrons. The van der Waals surface area contributed by atoms with Crippen LogP contribution in [0, 0.1) is 6.92 Å². The molecule has 0 spiro atoms. The van der Waals surface area contributed by atoms with Crippen LogP contribution < -0.4 is 4.90 Å². The van der Waals surface area contributed by atoms with Crippen molar-refractivity contribution in [2.45, 2.75) is 13.5 Å². The molecule has 8 heteroatoms. The molecular formula is C17H22N8. The predicted octanol–water partition coefficient (Wildman–Crippen LogP) is 1.03. The summed E-state index contributed by atoms with van der Waals surface area (Å²) >= 11 is 0. The Kier molecular flexibility index (Phi) is 4.19. The van der Waals surface area contributed by atoms with Crippen molar-refractivity contribution in [3.63, 3.8) is 0 Å². The summed E-state index contributed by atoms with van der Waals surface area (Å²) < 4.78 is 3.69. The SMILES string of the molecule is Cc1ccn(-c2ccc(N3CCN(Cc4ccnn4C)CC3)nn2)n1. The summed E-state index contributed by atoms with van der Waals surface area (Å²) in [4.78, 5) is 4.73. The number of aryl methyl sites for hydroxylation is 2. The Hall–Kier alpha value is -2.74. The zero-order valence-corrected chi connectivity index (χ0v) is 14.6. The molecule has 3 aromatic heterocycles. The highest BCUT2D eigenvalue weighted by atomic mass is 15.4. The van der Waals surface area contributed by atoms with Gasteiger partial charge in [0.05, 0.1) is 11.4 Å². The third kappa shape index (κ3) is 3.39. The first kappa shape index (κ1) is 15.8. The van der Waals surface area contributed by atoms with Crippen LogP contribution in [-0.2, 0) is 13.6 Å². The lowest BCUT2D eigenvalue weighted by molar-refractivity contribution is 0.243. The maximum atomic E-state index is 4.39. The Morgan fingerprint density at radius 2 is 1.72 bits per heavy atom. The quantitative estimate of drug-likeness (QED) is 0.708. The number of rotatable bonds is 4. The van der Waals surface area contributed by atoms with Crippen molar-refractivity contribution in [2.24, 2.45) is 7.05 Å².